The summed E-state index contributed by atoms with van der Waals surface area (Å²) in [6.45, 7) is 1.57. The minimum absolute atomic E-state index is 0.0750. The van der Waals surface area contributed by atoms with E-state index in [9.17, 15) is 4.79 Å². The third-order valence-corrected chi connectivity index (χ3v) is 3.90. The molecule has 2 aromatic carbocycles. The van der Waals surface area contributed by atoms with Gasteiger partial charge in [-0.3, -0.25) is 4.79 Å². The Labute approximate surface area is 123 Å². The average Bonchev–Trinajstić information content (AvgIpc) is 2.29. The minimum Gasteiger partial charge on any atom is -0.294 e. The second-order valence-corrected chi connectivity index (χ2v) is 5.86. The topological polar surface area (TPSA) is 17.1 Å². The molecule has 86 valence electrons. The molecule has 0 radical (unpaired) electrons. The van der Waals surface area contributed by atoms with Crippen LogP contribution in [0.3, 0.4) is 0 Å². The van der Waals surface area contributed by atoms with Crippen LogP contribution < -0.4 is 0 Å². The molecule has 17 heavy (non-hydrogen) atoms. The van der Waals surface area contributed by atoms with Crippen LogP contribution in [-0.2, 0) is 0 Å². The van der Waals surface area contributed by atoms with Gasteiger partial charge in [0, 0.05) is 13.6 Å². The zero-order chi connectivity index (χ0) is 12.4. The highest BCUT2D eigenvalue weighted by Crippen LogP contribution is 2.26. The molecule has 0 atom stereocenters. The number of carbonyl (C=O) groups excluding carboxylic acids is 1. The van der Waals surface area contributed by atoms with Crippen LogP contribution in [-0.4, -0.2) is 5.78 Å². The van der Waals surface area contributed by atoms with E-state index in [0.717, 1.165) is 21.2 Å². The van der Waals surface area contributed by atoms with Gasteiger partial charge in [-0.25, -0.2) is 0 Å². The van der Waals surface area contributed by atoms with Crippen molar-refractivity contribution in [3.63, 3.8) is 0 Å². The molecular weight excluding hydrogens is 391 g/mol. The highest BCUT2D eigenvalue weighted by Gasteiger charge is 2.06. The van der Waals surface area contributed by atoms with Gasteiger partial charge in [-0.1, -0.05) is 34.1 Å². The van der Waals surface area contributed by atoms with E-state index in [-0.39, 0.29) is 5.78 Å². The van der Waals surface area contributed by atoms with Crippen molar-refractivity contribution in [1.82, 2.24) is 0 Å². The lowest BCUT2D eigenvalue weighted by molar-refractivity contribution is 0.101. The fourth-order valence-corrected chi connectivity index (χ4v) is 2.64. The number of rotatable bonds is 2. The third-order valence-electron chi connectivity index (χ3n) is 2.53. The lowest BCUT2D eigenvalue weighted by atomic mass is 10.0. The summed E-state index contributed by atoms with van der Waals surface area (Å²) in [5, 5.41) is 0. The molecule has 3 heteroatoms. The van der Waals surface area contributed by atoms with E-state index in [1.54, 1.807) is 6.92 Å². The Morgan fingerprint density at radius 2 is 1.65 bits per heavy atom. The largest absolute Gasteiger partial charge is 0.294 e. The summed E-state index contributed by atoms with van der Waals surface area (Å²) in [6, 6.07) is 14.1. The summed E-state index contributed by atoms with van der Waals surface area (Å²) in [4.78, 5) is 11.3. The van der Waals surface area contributed by atoms with Crippen LogP contribution in [0.1, 0.15) is 17.3 Å². The quantitative estimate of drug-likeness (QED) is 0.516. The molecule has 2 rings (SSSR count). The first kappa shape index (κ1) is 12.8. The van der Waals surface area contributed by atoms with E-state index in [1.807, 2.05) is 18.2 Å². The molecule has 0 spiro atoms. The Morgan fingerprint density at radius 1 is 1.06 bits per heavy atom. The normalized spacial score (nSPS) is 10.3. The number of halogens is 2. The first-order chi connectivity index (χ1) is 8.08. The maximum atomic E-state index is 11.3. The summed E-state index contributed by atoms with van der Waals surface area (Å²) in [5.74, 6) is 0.0750. The molecule has 0 bridgehead atoms. The number of benzene rings is 2. The van der Waals surface area contributed by atoms with E-state index in [1.165, 1.54) is 3.57 Å². The summed E-state index contributed by atoms with van der Waals surface area (Å²) < 4.78 is 2.06. The van der Waals surface area contributed by atoms with Crippen molar-refractivity contribution >= 4 is 44.3 Å². The molecule has 0 saturated heterocycles. The van der Waals surface area contributed by atoms with E-state index >= 15 is 0 Å². The van der Waals surface area contributed by atoms with Gasteiger partial charge in [-0.2, -0.15) is 0 Å². The van der Waals surface area contributed by atoms with Crippen LogP contribution in [0.2, 0.25) is 0 Å². The summed E-state index contributed by atoms with van der Waals surface area (Å²) in [6.07, 6.45) is 0. The zero-order valence-electron chi connectivity index (χ0n) is 9.21. The van der Waals surface area contributed by atoms with Gasteiger partial charge >= 0.3 is 0 Å². The maximum Gasteiger partial charge on any atom is 0.160 e. The molecule has 0 aliphatic heterocycles. The third kappa shape index (κ3) is 2.96. The lowest BCUT2D eigenvalue weighted by Crippen LogP contribution is -1.93. The SMILES string of the molecule is CC(=O)c1ccc(-c2ccc(I)cc2)cc1Br. The van der Waals surface area contributed by atoms with E-state index in [2.05, 4.69) is 62.8 Å². The van der Waals surface area contributed by atoms with Crippen molar-refractivity contribution in [2.45, 2.75) is 6.92 Å². The molecule has 1 nitrogen and oxygen atoms in total. The predicted octanol–water partition coefficient (Wildman–Crippen LogP) is 4.92. The monoisotopic (exact) mass is 400 g/mol. The number of hydrogen-bond acceptors (Lipinski definition) is 1. The fraction of sp³-hybridized carbons (Fsp3) is 0.0714. The van der Waals surface area contributed by atoms with Crippen molar-refractivity contribution < 1.29 is 4.79 Å². The number of hydrogen-bond donors (Lipinski definition) is 0. The molecule has 2 aromatic rings. The Hall–Kier alpha value is -0.680. The van der Waals surface area contributed by atoms with Crippen LogP contribution in [0.15, 0.2) is 46.9 Å². The molecule has 0 aromatic heterocycles. The highest BCUT2D eigenvalue weighted by atomic mass is 127. The first-order valence-corrected chi connectivity index (χ1v) is 7.01. The Bertz CT molecular complexity index is 561. The number of ketones is 1. The van der Waals surface area contributed by atoms with Gasteiger partial charge in [0.15, 0.2) is 5.78 Å². The number of carbonyl (C=O) groups is 1. The van der Waals surface area contributed by atoms with Crippen molar-refractivity contribution in [3.8, 4) is 11.1 Å². The summed E-state index contributed by atoms with van der Waals surface area (Å²) in [5.41, 5.74) is 2.98. The van der Waals surface area contributed by atoms with Crippen molar-refractivity contribution in [2.75, 3.05) is 0 Å². The second kappa shape index (κ2) is 5.31. The lowest BCUT2D eigenvalue weighted by Gasteiger charge is -2.05. The van der Waals surface area contributed by atoms with Gasteiger partial charge in [0.25, 0.3) is 0 Å². The van der Waals surface area contributed by atoms with E-state index < -0.39 is 0 Å². The smallest absolute Gasteiger partial charge is 0.160 e. The Morgan fingerprint density at radius 3 is 2.18 bits per heavy atom. The van der Waals surface area contributed by atoms with Crippen molar-refractivity contribution in [3.05, 3.63) is 56.1 Å². The average molecular weight is 401 g/mol. The molecule has 0 fully saturated rings. The van der Waals surface area contributed by atoms with Gasteiger partial charge in [0.2, 0.25) is 0 Å². The second-order valence-electron chi connectivity index (χ2n) is 3.76. The van der Waals surface area contributed by atoms with Crippen LogP contribution in [0.5, 0.6) is 0 Å². The van der Waals surface area contributed by atoms with Crippen LogP contribution >= 0.6 is 38.5 Å². The standard InChI is InChI=1S/C14H10BrIO/c1-9(17)13-7-4-11(8-14(13)15)10-2-5-12(16)6-3-10/h2-8H,1H3. The molecular formula is C14H10BrIO. The van der Waals surface area contributed by atoms with Crippen LogP contribution in [0.4, 0.5) is 0 Å². The maximum absolute atomic E-state index is 11.3. The summed E-state index contributed by atoms with van der Waals surface area (Å²) >= 11 is 5.72. The molecule has 0 aliphatic rings. The highest BCUT2D eigenvalue weighted by molar-refractivity contribution is 14.1. The Balaban J connectivity index is 2.44. The van der Waals surface area contributed by atoms with Gasteiger partial charge in [0.05, 0.1) is 0 Å². The minimum atomic E-state index is 0.0750. The van der Waals surface area contributed by atoms with Crippen LogP contribution in [0.25, 0.3) is 11.1 Å². The molecule has 0 unspecified atom stereocenters. The zero-order valence-corrected chi connectivity index (χ0v) is 12.9. The molecule has 0 saturated carbocycles. The van der Waals surface area contributed by atoms with Crippen molar-refractivity contribution in [1.29, 1.82) is 0 Å². The Kier molecular flexibility index (Phi) is 3.99. The fourth-order valence-electron chi connectivity index (χ4n) is 1.62. The molecule has 0 heterocycles. The van der Waals surface area contributed by atoms with E-state index in [4.69, 9.17) is 0 Å². The van der Waals surface area contributed by atoms with Crippen molar-refractivity contribution in [2.24, 2.45) is 0 Å². The van der Waals surface area contributed by atoms with E-state index in [0.29, 0.717) is 0 Å². The van der Waals surface area contributed by atoms with Gasteiger partial charge in [-0.05, 0) is 64.9 Å². The molecule has 0 amide bonds. The van der Waals surface area contributed by atoms with Crippen LogP contribution in [0, 0.1) is 3.57 Å². The summed E-state index contributed by atoms with van der Waals surface area (Å²) in [7, 11) is 0. The molecule has 0 aliphatic carbocycles. The van der Waals surface area contributed by atoms with Gasteiger partial charge in [-0.15, -0.1) is 0 Å². The molecule has 0 N–H and O–H groups in total. The van der Waals surface area contributed by atoms with Gasteiger partial charge < -0.3 is 0 Å². The van der Waals surface area contributed by atoms with Gasteiger partial charge in [0.1, 0.15) is 0 Å². The first-order valence-electron chi connectivity index (χ1n) is 5.14. The predicted molar refractivity (Wildman–Crippen MR) is 82.3 cm³/mol. The number of Topliss-reactive ketones (excluding diaryl/α,β-unsaturated/α-hetero) is 1.